The monoisotopic (exact) mass is 457 g/mol. The first-order valence-corrected chi connectivity index (χ1v) is 3.90. The molecule has 0 nitrogen and oxygen atoms in total. The Balaban J connectivity index is -0.0000000667. The van der Waals surface area contributed by atoms with Gasteiger partial charge in [-0.05, 0) is 44.8 Å². The Hall–Kier alpha value is 1.38. The van der Waals surface area contributed by atoms with E-state index in [1.165, 1.54) is 11.1 Å². The molecular weight excluding hydrogens is 443 g/mol. The minimum atomic E-state index is 0. The molecule has 0 fully saturated rings. The Morgan fingerprint density at radius 2 is 0.867 bits per heavy atom. The van der Waals surface area contributed by atoms with Crippen molar-refractivity contribution in [3.8, 4) is 0 Å². The number of hydrogen-bond acceptors (Lipinski definition) is 0. The van der Waals surface area contributed by atoms with Crippen LogP contribution in [0.15, 0.2) is 22.3 Å². The van der Waals surface area contributed by atoms with E-state index >= 15 is 0 Å². The molecule has 1 radical (unpaired) electrons. The molecule has 0 N–H and O–H groups in total. The molecule has 0 unspecified atom stereocenters. The van der Waals surface area contributed by atoms with Crippen molar-refractivity contribution in [3.63, 3.8) is 0 Å². The van der Waals surface area contributed by atoms with Gasteiger partial charge in [-0.2, -0.15) is 0 Å². The average Bonchev–Trinajstić information content (AvgIpc) is 2.07. The molecule has 0 saturated carbocycles. The van der Waals surface area contributed by atoms with Crippen molar-refractivity contribution in [3.05, 3.63) is 22.3 Å². The molecule has 15 heavy (non-hydrogen) atoms. The summed E-state index contributed by atoms with van der Waals surface area (Å²) >= 11 is 0. The van der Waals surface area contributed by atoms with Gasteiger partial charge < -0.3 is 49.6 Å². The van der Waals surface area contributed by atoms with E-state index in [0.29, 0.717) is 5.92 Å². The molecule has 0 saturated heterocycles. The Labute approximate surface area is 134 Å². The van der Waals surface area contributed by atoms with Gasteiger partial charge in [0.15, 0.2) is 0 Å². The third-order valence-electron chi connectivity index (χ3n) is 3.04. The van der Waals surface area contributed by atoms with Crippen molar-refractivity contribution < 1.29 is 72.0 Å². The van der Waals surface area contributed by atoms with Crippen LogP contribution in [0.1, 0.15) is 34.6 Å². The smallest absolute Gasteiger partial charge is 0 e. The van der Waals surface area contributed by atoms with E-state index in [9.17, 15) is 0 Å². The summed E-state index contributed by atoms with van der Waals surface area (Å²) in [6.45, 7) is 11.2. The number of rotatable bonds is 0. The molecule has 0 aromatic rings. The maximum Gasteiger partial charge on any atom is 0 e. The van der Waals surface area contributed by atoms with E-state index < -0.39 is 0 Å². The van der Waals surface area contributed by atoms with Crippen LogP contribution in [-0.2, 0) is 22.4 Å². The van der Waals surface area contributed by atoms with Crippen LogP contribution >= 0.6 is 0 Å². The van der Waals surface area contributed by atoms with Crippen molar-refractivity contribution >= 4 is 0 Å². The van der Waals surface area contributed by atoms with Crippen LogP contribution < -0.4 is 49.6 Å². The van der Waals surface area contributed by atoms with Gasteiger partial charge in [0, 0.05) is 22.4 Å². The molecule has 0 heterocycles. The molecular formula is C10H16Cl4Ta-4. The van der Waals surface area contributed by atoms with E-state index in [4.69, 9.17) is 0 Å². The first kappa shape index (κ1) is 29.9. The minimum absolute atomic E-state index is 0. The van der Waals surface area contributed by atoms with Crippen LogP contribution in [0.3, 0.4) is 0 Å². The van der Waals surface area contributed by atoms with E-state index in [2.05, 4.69) is 34.6 Å². The third-order valence-corrected chi connectivity index (χ3v) is 3.04. The summed E-state index contributed by atoms with van der Waals surface area (Å²) in [6, 6.07) is 0. The van der Waals surface area contributed by atoms with E-state index in [-0.39, 0.29) is 72.0 Å². The third kappa shape index (κ3) is 6.02. The molecule has 0 aliphatic heterocycles. The van der Waals surface area contributed by atoms with Crippen LogP contribution in [0.2, 0.25) is 0 Å². The molecule has 0 aromatic heterocycles. The average molecular weight is 459 g/mol. The van der Waals surface area contributed by atoms with E-state index in [1.54, 1.807) is 11.1 Å². The Kier molecular flexibility index (Phi) is 23.6. The zero-order valence-electron chi connectivity index (χ0n) is 9.54. The SMILES string of the molecule is CC1=C(C)C(C)C(C)=C1C.[Cl-].[Cl-].[Cl-].[Cl-].[Ta]. The molecule has 0 spiro atoms. The van der Waals surface area contributed by atoms with Gasteiger partial charge in [-0.15, -0.1) is 0 Å². The quantitative estimate of drug-likeness (QED) is 0.338. The summed E-state index contributed by atoms with van der Waals surface area (Å²) in [6.07, 6.45) is 0. The Bertz CT molecular complexity index is 210. The summed E-state index contributed by atoms with van der Waals surface area (Å²) < 4.78 is 0. The van der Waals surface area contributed by atoms with Crippen molar-refractivity contribution in [2.24, 2.45) is 5.92 Å². The van der Waals surface area contributed by atoms with Gasteiger partial charge >= 0.3 is 0 Å². The fourth-order valence-corrected chi connectivity index (χ4v) is 1.57. The molecule has 1 aliphatic carbocycles. The summed E-state index contributed by atoms with van der Waals surface area (Å²) in [5.41, 5.74) is 6.11. The fraction of sp³-hybridized carbons (Fsp3) is 0.600. The van der Waals surface area contributed by atoms with E-state index in [1.807, 2.05) is 0 Å². The molecule has 5 heteroatoms. The summed E-state index contributed by atoms with van der Waals surface area (Å²) in [7, 11) is 0. The predicted molar refractivity (Wildman–Crippen MR) is 45.9 cm³/mol. The largest absolute Gasteiger partial charge is 1.00 e. The first-order valence-electron chi connectivity index (χ1n) is 3.90. The van der Waals surface area contributed by atoms with Crippen LogP contribution in [0.4, 0.5) is 0 Å². The second-order valence-electron chi connectivity index (χ2n) is 3.34. The second-order valence-corrected chi connectivity index (χ2v) is 3.34. The van der Waals surface area contributed by atoms with Gasteiger partial charge in [0.2, 0.25) is 0 Å². The zero-order valence-corrected chi connectivity index (χ0v) is 15.8. The van der Waals surface area contributed by atoms with Gasteiger partial charge in [-0.3, -0.25) is 0 Å². The number of hydrogen-bond donors (Lipinski definition) is 0. The molecule has 0 atom stereocenters. The van der Waals surface area contributed by atoms with Gasteiger partial charge in [-0.25, -0.2) is 0 Å². The maximum absolute atomic E-state index is 2.28. The number of allylic oxidation sites excluding steroid dienone is 4. The normalized spacial score (nSPS) is 14.2. The Morgan fingerprint density at radius 3 is 0.933 bits per heavy atom. The van der Waals surface area contributed by atoms with Crippen molar-refractivity contribution in [1.29, 1.82) is 0 Å². The fourth-order valence-electron chi connectivity index (χ4n) is 1.57. The standard InChI is InChI=1S/C10H16.4ClH.Ta/c1-6-7(2)9(4)10(5)8(6)3;;;;;/h6H,1-5H3;4*1H;/p-4. The summed E-state index contributed by atoms with van der Waals surface area (Å²) in [4.78, 5) is 0. The molecule has 0 bridgehead atoms. The van der Waals surface area contributed by atoms with Gasteiger partial charge in [0.1, 0.15) is 0 Å². The van der Waals surface area contributed by atoms with Crippen LogP contribution in [0.5, 0.6) is 0 Å². The van der Waals surface area contributed by atoms with Crippen LogP contribution in [-0.4, -0.2) is 0 Å². The molecule has 0 amide bonds. The topological polar surface area (TPSA) is 0 Å². The zero-order chi connectivity index (χ0) is 7.89. The molecule has 1 rings (SSSR count). The Morgan fingerprint density at radius 1 is 0.667 bits per heavy atom. The summed E-state index contributed by atoms with van der Waals surface area (Å²) in [5, 5.41) is 0. The van der Waals surface area contributed by atoms with Crippen molar-refractivity contribution in [2.75, 3.05) is 0 Å². The van der Waals surface area contributed by atoms with Crippen LogP contribution in [0, 0.1) is 5.92 Å². The molecule has 1 aliphatic rings. The van der Waals surface area contributed by atoms with Crippen molar-refractivity contribution in [2.45, 2.75) is 34.6 Å². The molecule has 93 valence electrons. The van der Waals surface area contributed by atoms with Gasteiger partial charge in [0.05, 0.1) is 0 Å². The van der Waals surface area contributed by atoms with Gasteiger partial charge in [0.25, 0.3) is 0 Å². The van der Waals surface area contributed by atoms with Gasteiger partial charge in [-0.1, -0.05) is 18.1 Å². The summed E-state index contributed by atoms with van der Waals surface area (Å²) in [5.74, 6) is 0.694. The maximum atomic E-state index is 2.28. The van der Waals surface area contributed by atoms with E-state index in [0.717, 1.165) is 0 Å². The predicted octanol–water partition coefficient (Wildman–Crippen LogP) is -8.68. The second kappa shape index (κ2) is 11.9. The first-order chi connectivity index (χ1) is 4.55. The molecule has 0 aromatic carbocycles. The minimum Gasteiger partial charge on any atom is -1.00 e. The number of halogens is 4. The van der Waals surface area contributed by atoms with Crippen LogP contribution in [0.25, 0.3) is 0 Å². The van der Waals surface area contributed by atoms with Crippen molar-refractivity contribution in [1.82, 2.24) is 0 Å².